The minimum Gasteiger partial charge on any atom is -0.441 e. The molecule has 3 nitrogen and oxygen atoms in total. The molecule has 1 unspecified atom stereocenters. The number of carbonyl (C=O) groups excluding carboxylic acids is 1. The van der Waals surface area contributed by atoms with Crippen molar-refractivity contribution in [3.63, 3.8) is 0 Å². The van der Waals surface area contributed by atoms with Crippen LogP contribution in [0.1, 0.15) is 39.2 Å². The van der Waals surface area contributed by atoms with Crippen LogP contribution in [0.3, 0.4) is 0 Å². The van der Waals surface area contributed by atoms with Gasteiger partial charge in [0.25, 0.3) is 5.90 Å². The topological polar surface area (TPSA) is 38.7 Å². The minimum atomic E-state index is -0.0664. The van der Waals surface area contributed by atoms with E-state index in [-0.39, 0.29) is 17.6 Å². The highest BCUT2D eigenvalue weighted by Gasteiger charge is 2.20. The van der Waals surface area contributed by atoms with E-state index in [0.29, 0.717) is 6.42 Å². The summed E-state index contributed by atoms with van der Waals surface area (Å²) in [7, 11) is 1.60. The van der Waals surface area contributed by atoms with E-state index in [1.807, 2.05) is 57.2 Å². The van der Waals surface area contributed by atoms with Crippen molar-refractivity contribution >= 4 is 11.7 Å². The first-order valence-corrected chi connectivity index (χ1v) is 7.54. The molecule has 0 amide bonds. The third-order valence-electron chi connectivity index (χ3n) is 3.35. The Bertz CT molecular complexity index is 503. The SMILES string of the molecule is CC/C=C(\Cc1ccccc1)OC(=NC)C(=O)C(C)CC. The highest BCUT2D eigenvalue weighted by molar-refractivity contribution is 6.37. The molecule has 0 aliphatic rings. The summed E-state index contributed by atoms with van der Waals surface area (Å²) in [6.07, 6.45) is 4.31. The fourth-order valence-electron chi connectivity index (χ4n) is 1.90. The Morgan fingerprint density at radius 3 is 2.48 bits per heavy atom. The van der Waals surface area contributed by atoms with Crippen LogP contribution < -0.4 is 0 Å². The zero-order chi connectivity index (χ0) is 15.7. The van der Waals surface area contributed by atoms with E-state index in [9.17, 15) is 4.79 Å². The molecular weight excluding hydrogens is 262 g/mol. The third kappa shape index (κ3) is 5.54. The van der Waals surface area contributed by atoms with Gasteiger partial charge in [-0.05, 0) is 24.5 Å². The van der Waals surface area contributed by atoms with Gasteiger partial charge in [-0.2, -0.15) is 0 Å². The predicted molar refractivity (Wildman–Crippen MR) is 87.4 cm³/mol. The number of hydrogen-bond donors (Lipinski definition) is 0. The summed E-state index contributed by atoms with van der Waals surface area (Å²) in [5, 5.41) is 0. The second-order valence-electron chi connectivity index (χ2n) is 5.05. The van der Waals surface area contributed by atoms with Crippen molar-refractivity contribution in [2.75, 3.05) is 7.05 Å². The van der Waals surface area contributed by atoms with Crippen LogP contribution in [0, 0.1) is 5.92 Å². The summed E-state index contributed by atoms with van der Waals surface area (Å²) in [6.45, 7) is 5.94. The summed E-state index contributed by atoms with van der Waals surface area (Å²) in [5.41, 5.74) is 1.16. The maximum Gasteiger partial charge on any atom is 0.258 e. The van der Waals surface area contributed by atoms with Crippen molar-refractivity contribution in [3.8, 4) is 0 Å². The number of Topliss-reactive ketones (excluding diaryl/α,β-unsaturated/α-hetero) is 1. The second kappa shape index (κ2) is 9.11. The summed E-state index contributed by atoms with van der Waals surface area (Å²) >= 11 is 0. The van der Waals surface area contributed by atoms with E-state index >= 15 is 0 Å². The van der Waals surface area contributed by atoms with E-state index in [1.54, 1.807) is 7.05 Å². The van der Waals surface area contributed by atoms with Gasteiger partial charge in [0.15, 0.2) is 0 Å². The highest BCUT2D eigenvalue weighted by atomic mass is 16.5. The number of aliphatic imine (C=N–C) groups is 1. The number of ether oxygens (including phenoxy) is 1. The quantitative estimate of drug-likeness (QED) is 0.428. The lowest BCUT2D eigenvalue weighted by Gasteiger charge is -2.14. The van der Waals surface area contributed by atoms with Gasteiger partial charge in [-0.25, -0.2) is 0 Å². The number of hydrogen-bond acceptors (Lipinski definition) is 3. The minimum absolute atomic E-state index is 0.0323. The lowest BCUT2D eigenvalue weighted by atomic mass is 10.0. The van der Waals surface area contributed by atoms with Gasteiger partial charge < -0.3 is 4.74 Å². The van der Waals surface area contributed by atoms with Gasteiger partial charge in [0.2, 0.25) is 5.78 Å². The van der Waals surface area contributed by atoms with Crippen LogP contribution in [0.15, 0.2) is 47.2 Å². The molecule has 0 fully saturated rings. The largest absolute Gasteiger partial charge is 0.441 e. The van der Waals surface area contributed by atoms with Gasteiger partial charge >= 0.3 is 0 Å². The predicted octanol–water partition coefficient (Wildman–Crippen LogP) is 4.18. The van der Waals surface area contributed by atoms with E-state index in [2.05, 4.69) is 4.99 Å². The van der Waals surface area contributed by atoms with Gasteiger partial charge in [-0.1, -0.05) is 51.1 Å². The van der Waals surface area contributed by atoms with E-state index in [1.165, 1.54) is 0 Å². The first kappa shape index (κ1) is 17.2. The number of nitrogens with zero attached hydrogens (tertiary/aromatic N) is 1. The number of rotatable bonds is 7. The molecule has 114 valence electrons. The van der Waals surface area contributed by atoms with Crippen LogP contribution >= 0.6 is 0 Å². The zero-order valence-electron chi connectivity index (χ0n) is 13.4. The smallest absolute Gasteiger partial charge is 0.258 e. The standard InChI is InChI=1S/C18H25NO2/c1-5-10-16(13-15-11-8-7-9-12-15)21-18(19-4)17(20)14(3)6-2/h7-12,14H,5-6,13H2,1-4H3/b16-10+,19-18?. The number of allylic oxidation sites excluding steroid dienone is 2. The van der Waals surface area contributed by atoms with Crippen molar-refractivity contribution in [1.82, 2.24) is 0 Å². The molecule has 0 aliphatic carbocycles. The normalized spacial score (nSPS) is 13.9. The molecule has 0 saturated carbocycles. The van der Waals surface area contributed by atoms with Crippen LogP contribution in [0.4, 0.5) is 0 Å². The van der Waals surface area contributed by atoms with Crippen LogP contribution in [0.25, 0.3) is 0 Å². The van der Waals surface area contributed by atoms with Crippen molar-refractivity contribution < 1.29 is 9.53 Å². The van der Waals surface area contributed by atoms with Crippen molar-refractivity contribution in [2.24, 2.45) is 10.9 Å². The third-order valence-corrected chi connectivity index (χ3v) is 3.35. The Morgan fingerprint density at radius 2 is 1.95 bits per heavy atom. The lowest BCUT2D eigenvalue weighted by Crippen LogP contribution is -2.24. The van der Waals surface area contributed by atoms with Crippen molar-refractivity contribution in [3.05, 3.63) is 47.7 Å². The van der Waals surface area contributed by atoms with Gasteiger partial charge in [0, 0.05) is 19.4 Å². The molecule has 0 spiro atoms. The Kier molecular flexibility index (Phi) is 7.44. The van der Waals surface area contributed by atoms with Crippen LogP contribution in [-0.2, 0) is 16.0 Å². The zero-order valence-corrected chi connectivity index (χ0v) is 13.4. The molecule has 0 aromatic heterocycles. The van der Waals surface area contributed by atoms with Crippen LogP contribution in [-0.4, -0.2) is 18.7 Å². The Balaban J connectivity index is 2.83. The second-order valence-corrected chi connectivity index (χ2v) is 5.05. The average molecular weight is 287 g/mol. The van der Waals surface area contributed by atoms with Crippen molar-refractivity contribution in [2.45, 2.75) is 40.0 Å². The molecule has 1 aromatic carbocycles. The van der Waals surface area contributed by atoms with Gasteiger partial charge in [0.05, 0.1) is 0 Å². The molecule has 0 radical (unpaired) electrons. The maximum absolute atomic E-state index is 12.2. The molecule has 1 rings (SSSR count). The Hall–Kier alpha value is -1.90. The summed E-state index contributed by atoms with van der Waals surface area (Å²) in [5.74, 6) is 0.888. The molecule has 1 aromatic rings. The summed E-state index contributed by atoms with van der Waals surface area (Å²) in [6, 6.07) is 10.1. The number of carbonyl (C=O) groups is 1. The first-order chi connectivity index (χ1) is 10.1. The molecule has 21 heavy (non-hydrogen) atoms. The molecule has 0 N–H and O–H groups in total. The Morgan fingerprint density at radius 1 is 1.29 bits per heavy atom. The average Bonchev–Trinajstić information content (AvgIpc) is 2.52. The van der Waals surface area contributed by atoms with E-state index < -0.39 is 0 Å². The van der Waals surface area contributed by atoms with Crippen LogP contribution in [0.5, 0.6) is 0 Å². The Labute approximate surface area is 127 Å². The maximum atomic E-state index is 12.2. The first-order valence-electron chi connectivity index (χ1n) is 7.54. The van der Waals surface area contributed by atoms with E-state index in [4.69, 9.17) is 4.74 Å². The molecular formula is C18H25NO2. The fourth-order valence-corrected chi connectivity index (χ4v) is 1.90. The molecule has 0 saturated heterocycles. The summed E-state index contributed by atoms with van der Waals surface area (Å²) in [4.78, 5) is 16.2. The number of ketones is 1. The summed E-state index contributed by atoms with van der Waals surface area (Å²) < 4.78 is 5.79. The highest BCUT2D eigenvalue weighted by Crippen LogP contribution is 2.13. The monoisotopic (exact) mass is 287 g/mol. The lowest BCUT2D eigenvalue weighted by molar-refractivity contribution is -0.117. The van der Waals surface area contributed by atoms with Gasteiger partial charge in [-0.15, -0.1) is 0 Å². The number of benzene rings is 1. The fraction of sp³-hybridized carbons (Fsp3) is 0.444. The molecule has 0 bridgehead atoms. The molecule has 1 atom stereocenters. The molecule has 3 heteroatoms. The van der Waals surface area contributed by atoms with Crippen LogP contribution in [0.2, 0.25) is 0 Å². The molecule has 0 heterocycles. The van der Waals surface area contributed by atoms with Gasteiger partial charge in [0.1, 0.15) is 5.76 Å². The van der Waals surface area contributed by atoms with E-state index in [0.717, 1.165) is 24.2 Å². The van der Waals surface area contributed by atoms with Gasteiger partial charge in [-0.3, -0.25) is 9.79 Å². The van der Waals surface area contributed by atoms with Crippen molar-refractivity contribution in [1.29, 1.82) is 0 Å². The molecule has 0 aliphatic heterocycles.